The summed E-state index contributed by atoms with van der Waals surface area (Å²) >= 11 is 0. The molecule has 0 bridgehead atoms. The van der Waals surface area contributed by atoms with E-state index in [1.165, 1.54) is 6.92 Å². The van der Waals surface area contributed by atoms with Crippen LogP contribution in [0, 0.1) is 0 Å². The van der Waals surface area contributed by atoms with Crippen LogP contribution in [0.3, 0.4) is 0 Å². The van der Waals surface area contributed by atoms with Crippen molar-refractivity contribution >= 4 is 11.9 Å². The molecule has 1 heterocycles. The van der Waals surface area contributed by atoms with Crippen LogP contribution in [-0.2, 0) is 30.3 Å². The number of esters is 2. The Hall–Kier alpha value is -2.74. The van der Waals surface area contributed by atoms with Gasteiger partial charge in [0.1, 0.15) is 6.10 Å². The van der Waals surface area contributed by atoms with Crippen molar-refractivity contribution in [1.82, 2.24) is 0 Å². The zero-order valence-corrected chi connectivity index (χ0v) is 16.3. The zero-order valence-electron chi connectivity index (χ0n) is 16.3. The van der Waals surface area contributed by atoms with Gasteiger partial charge in [0.2, 0.25) is 0 Å². The molecule has 1 saturated heterocycles. The molecule has 2 aromatic carbocycles. The lowest BCUT2D eigenvalue weighted by atomic mass is 9.98. The van der Waals surface area contributed by atoms with Gasteiger partial charge in [0.15, 0.2) is 18.5 Å². The molecular formula is C22H24O7. The number of carbonyl (C=O) groups is 2. The normalized spacial score (nSPS) is 26.5. The first-order valence-corrected chi connectivity index (χ1v) is 9.38. The van der Waals surface area contributed by atoms with Crippen molar-refractivity contribution in [3.05, 3.63) is 71.8 Å². The van der Waals surface area contributed by atoms with Gasteiger partial charge in [0.25, 0.3) is 0 Å². The van der Waals surface area contributed by atoms with E-state index in [4.69, 9.17) is 18.9 Å². The van der Waals surface area contributed by atoms with Gasteiger partial charge < -0.3 is 24.1 Å². The summed E-state index contributed by atoms with van der Waals surface area (Å²) < 4.78 is 22.3. The number of carbonyl (C=O) groups excluding carboxylic acids is 2. The Balaban J connectivity index is 1.82. The molecule has 7 heteroatoms. The monoisotopic (exact) mass is 400 g/mol. The van der Waals surface area contributed by atoms with Gasteiger partial charge in [-0.05, 0) is 24.6 Å². The highest BCUT2D eigenvalue weighted by Gasteiger charge is 2.48. The fourth-order valence-electron chi connectivity index (χ4n) is 3.19. The maximum absolute atomic E-state index is 12.6. The lowest BCUT2D eigenvalue weighted by molar-refractivity contribution is -0.291. The first-order valence-electron chi connectivity index (χ1n) is 9.38. The molecule has 0 aliphatic carbocycles. The van der Waals surface area contributed by atoms with Crippen LogP contribution in [0.5, 0.6) is 0 Å². The average Bonchev–Trinajstić information content (AvgIpc) is 2.72. The molecule has 0 spiro atoms. The van der Waals surface area contributed by atoms with E-state index in [-0.39, 0.29) is 6.61 Å². The van der Waals surface area contributed by atoms with Crippen LogP contribution in [0.4, 0.5) is 0 Å². The molecule has 1 aliphatic heterocycles. The molecule has 7 nitrogen and oxygen atoms in total. The molecule has 154 valence electrons. The highest BCUT2D eigenvalue weighted by atomic mass is 16.7. The Labute approximate surface area is 169 Å². The largest absolute Gasteiger partial charge is 0.454 e. The minimum Gasteiger partial charge on any atom is -0.454 e. The average molecular weight is 400 g/mol. The van der Waals surface area contributed by atoms with E-state index >= 15 is 0 Å². The predicted octanol–water partition coefficient (Wildman–Crippen LogP) is 2.47. The number of hydrogen-bond acceptors (Lipinski definition) is 7. The van der Waals surface area contributed by atoms with Crippen LogP contribution in [0.15, 0.2) is 60.7 Å². The van der Waals surface area contributed by atoms with Crippen molar-refractivity contribution in [3.8, 4) is 0 Å². The Kier molecular flexibility index (Phi) is 6.98. The highest BCUT2D eigenvalue weighted by molar-refractivity contribution is 5.89. The number of ether oxygens (including phenoxy) is 4. The summed E-state index contributed by atoms with van der Waals surface area (Å²) in [6, 6.07) is 17.9. The van der Waals surface area contributed by atoms with Gasteiger partial charge in [-0.3, -0.25) is 4.79 Å². The Morgan fingerprint density at radius 2 is 1.55 bits per heavy atom. The quantitative estimate of drug-likeness (QED) is 0.745. The van der Waals surface area contributed by atoms with E-state index in [0.717, 1.165) is 5.56 Å². The fourth-order valence-corrected chi connectivity index (χ4v) is 3.19. The van der Waals surface area contributed by atoms with Crippen molar-refractivity contribution in [2.24, 2.45) is 0 Å². The van der Waals surface area contributed by atoms with Crippen LogP contribution in [0.25, 0.3) is 0 Å². The van der Waals surface area contributed by atoms with Gasteiger partial charge in [0.05, 0.1) is 18.3 Å². The van der Waals surface area contributed by atoms with E-state index in [0.29, 0.717) is 5.56 Å². The number of benzene rings is 2. The van der Waals surface area contributed by atoms with Gasteiger partial charge in [-0.2, -0.15) is 0 Å². The lowest BCUT2D eigenvalue weighted by Crippen LogP contribution is -2.60. The van der Waals surface area contributed by atoms with Gasteiger partial charge in [-0.15, -0.1) is 0 Å². The summed E-state index contributed by atoms with van der Waals surface area (Å²) in [5.41, 5.74) is 1.26. The van der Waals surface area contributed by atoms with E-state index in [9.17, 15) is 14.7 Å². The summed E-state index contributed by atoms with van der Waals surface area (Å²) in [5.74, 6) is -1.16. The SMILES string of the molecule is CC(=O)O[C@@H]1[C@H](OCc2ccccc2)[C@@H](OC(=O)c2ccccc2)[C@H](C)O[C@@H]1O. The molecule has 1 N–H and O–H groups in total. The van der Waals surface area contributed by atoms with Crippen molar-refractivity contribution in [1.29, 1.82) is 0 Å². The molecule has 0 radical (unpaired) electrons. The number of rotatable bonds is 6. The number of hydrogen-bond donors (Lipinski definition) is 1. The molecule has 3 rings (SSSR count). The first-order chi connectivity index (χ1) is 14.0. The van der Waals surface area contributed by atoms with Gasteiger partial charge >= 0.3 is 11.9 Å². The van der Waals surface area contributed by atoms with E-state index in [2.05, 4.69) is 0 Å². The Bertz CT molecular complexity index is 808. The molecular weight excluding hydrogens is 376 g/mol. The molecule has 0 unspecified atom stereocenters. The number of aliphatic hydroxyl groups excluding tert-OH is 1. The molecule has 5 atom stereocenters. The minimum absolute atomic E-state index is 0.183. The third-order valence-corrected chi connectivity index (χ3v) is 4.59. The van der Waals surface area contributed by atoms with Gasteiger partial charge in [-0.1, -0.05) is 48.5 Å². The standard InChI is InChI=1S/C22H24O7/c1-14-18(29-21(24)17-11-7-4-8-12-17)19(20(22(25)27-14)28-15(2)23)26-13-16-9-5-3-6-10-16/h3-12,14,18-20,22,25H,13H2,1-2H3/t14-,18-,19+,20+,22-/m0/s1. The fraction of sp³-hybridized carbons (Fsp3) is 0.364. The van der Waals surface area contributed by atoms with E-state index in [1.54, 1.807) is 37.3 Å². The van der Waals surface area contributed by atoms with Gasteiger partial charge in [0, 0.05) is 6.92 Å². The van der Waals surface area contributed by atoms with Gasteiger partial charge in [-0.25, -0.2) is 4.79 Å². The molecule has 1 fully saturated rings. The van der Waals surface area contributed by atoms with Crippen molar-refractivity contribution in [3.63, 3.8) is 0 Å². The second-order valence-electron chi connectivity index (χ2n) is 6.80. The molecule has 0 saturated carbocycles. The Morgan fingerprint density at radius 1 is 0.931 bits per heavy atom. The van der Waals surface area contributed by atoms with Crippen LogP contribution < -0.4 is 0 Å². The maximum Gasteiger partial charge on any atom is 0.338 e. The summed E-state index contributed by atoms with van der Waals surface area (Å²) in [7, 11) is 0. The summed E-state index contributed by atoms with van der Waals surface area (Å²) in [6.07, 6.45) is -5.02. The third-order valence-electron chi connectivity index (χ3n) is 4.59. The van der Waals surface area contributed by atoms with Crippen molar-refractivity contribution in [2.75, 3.05) is 0 Å². The lowest BCUT2D eigenvalue weighted by Gasteiger charge is -2.42. The first kappa shape index (κ1) is 21.0. The molecule has 29 heavy (non-hydrogen) atoms. The van der Waals surface area contributed by atoms with Crippen LogP contribution >= 0.6 is 0 Å². The van der Waals surface area contributed by atoms with Crippen molar-refractivity contribution < 1.29 is 33.6 Å². The molecule has 2 aromatic rings. The minimum atomic E-state index is -1.40. The second-order valence-corrected chi connectivity index (χ2v) is 6.80. The second kappa shape index (κ2) is 9.65. The summed E-state index contributed by atoms with van der Waals surface area (Å²) in [4.78, 5) is 24.1. The van der Waals surface area contributed by atoms with Crippen LogP contribution in [0.2, 0.25) is 0 Å². The third kappa shape index (κ3) is 5.41. The van der Waals surface area contributed by atoms with Crippen LogP contribution in [0.1, 0.15) is 29.8 Å². The number of aliphatic hydroxyl groups is 1. The highest BCUT2D eigenvalue weighted by Crippen LogP contribution is 2.28. The molecule has 0 aromatic heterocycles. The maximum atomic E-state index is 12.6. The predicted molar refractivity (Wildman–Crippen MR) is 103 cm³/mol. The summed E-state index contributed by atoms with van der Waals surface area (Å²) in [5, 5.41) is 10.3. The van der Waals surface area contributed by atoms with E-state index in [1.807, 2.05) is 30.3 Å². The Morgan fingerprint density at radius 3 is 2.17 bits per heavy atom. The topological polar surface area (TPSA) is 91.3 Å². The van der Waals surface area contributed by atoms with Crippen LogP contribution in [-0.4, -0.2) is 47.8 Å². The van der Waals surface area contributed by atoms with Crippen molar-refractivity contribution in [2.45, 2.75) is 51.2 Å². The van der Waals surface area contributed by atoms with E-state index < -0.39 is 42.6 Å². The molecule has 1 aliphatic rings. The smallest absolute Gasteiger partial charge is 0.338 e. The molecule has 0 amide bonds. The summed E-state index contributed by atoms with van der Waals surface area (Å²) in [6.45, 7) is 3.07. The zero-order chi connectivity index (χ0) is 20.8.